The number of halogens is 4. The van der Waals surface area contributed by atoms with Gasteiger partial charge in [0.15, 0.2) is 6.10 Å². The topological polar surface area (TPSA) is 84.9 Å². The highest BCUT2D eigenvalue weighted by Crippen LogP contribution is 2.32. The molecule has 0 aromatic heterocycles. The molecule has 1 atom stereocenters. The van der Waals surface area contributed by atoms with Crippen molar-refractivity contribution < 1.29 is 41.7 Å². The second-order valence-electron chi connectivity index (χ2n) is 7.29. The molecule has 1 unspecified atom stereocenters. The summed E-state index contributed by atoms with van der Waals surface area (Å²) in [6, 6.07) is 6.95. The maximum atomic E-state index is 13.7. The third-order valence-corrected chi connectivity index (χ3v) is 4.37. The van der Waals surface area contributed by atoms with Gasteiger partial charge in [-0.3, -0.25) is 4.79 Å². The smallest absolute Gasteiger partial charge is 0.419 e. The number of carbonyl (C=O) groups is 2. The van der Waals surface area contributed by atoms with Crippen molar-refractivity contribution in [2.75, 3.05) is 12.4 Å². The van der Waals surface area contributed by atoms with Crippen LogP contribution in [0, 0.1) is 5.82 Å². The van der Waals surface area contributed by atoms with Crippen LogP contribution in [-0.4, -0.2) is 36.3 Å². The fourth-order valence-electron chi connectivity index (χ4n) is 2.99. The van der Waals surface area contributed by atoms with Crippen LogP contribution in [0.5, 0.6) is 5.75 Å². The molecule has 2 aromatic rings. The quantitative estimate of drug-likeness (QED) is 0.544. The van der Waals surface area contributed by atoms with Crippen molar-refractivity contribution in [3.63, 3.8) is 0 Å². The highest BCUT2D eigenvalue weighted by atomic mass is 19.4. The molecule has 0 heterocycles. The molecule has 6 nitrogen and oxygen atoms in total. The fourth-order valence-corrected chi connectivity index (χ4v) is 2.99. The zero-order chi connectivity index (χ0) is 24.1. The molecule has 2 rings (SSSR count). The predicted molar refractivity (Wildman–Crippen MR) is 108 cm³/mol. The number of alkyl halides is 3. The van der Waals surface area contributed by atoms with Gasteiger partial charge in [0.1, 0.15) is 11.6 Å². The fraction of sp³-hybridized carbons (Fsp3) is 0.364. The molecule has 0 aliphatic rings. The summed E-state index contributed by atoms with van der Waals surface area (Å²) in [5.41, 5.74) is -0.571. The van der Waals surface area contributed by atoms with Crippen LogP contribution in [0.1, 0.15) is 30.5 Å². The molecule has 174 valence electrons. The summed E-state index contributed by atoms with van der Waals surface area (Å²) >= 11 is 0. The van der Waals surface area contributed by atoms with Crippen molar-refractivity contribution in [1.82, 2.24) is 0 Å². The first-order chi connectivity index (χ1) is 14.9. The van der Waals surface area contributed by atoms with Crippen molar-refractivity contribution in [2.45, 2.75) is 45.1 Å². The zero-order valence-corrected chi connectivity index (χ0v) is 17.6. The lowest BCUT2D eigenvalue weighted by Gasteiger charge is -2.18. The van der Waals surface area contributed by atoms with E-state index in [1.807, 2.05) is 0 Å². The summed E-state index contributed by atoms with van der Waals surface area (Å²) in [6.45, 7) is 3.42. The molecule has 0 radical (unpaired) electrons. The molecule has 10 heteroatoms. The number of carbonyl (C=O) groups excluding carboxylic acids is 1. The summed E-state index contributed by atoms with van der Waals surface area (Å²) in [7, 11) is 1.37. The molecule has 0 aliphatic heterocycles. The summed E-state index contributed by atoms with van der Waals surface area (Å²) in [4.78, 5) is 23.8. The molecule has 0 aliphatic carbocycles. The molecule has 2 aromatic carbocycles. The van der Waals surface area contributed by atoms with E-state index < -0.39 is 35.5 Å². The van der Waals surface area contributed by atoms with E-state index in [2.05, 4.69) is 5.32 Å². The van der Waals surface area contributed by atoms with Gasteiger partial charge in [-0.1, -0.05) is 12.1 Å². The van der Waals surface area contributed by atoms with E-state index in [1.165, 1.54) is 19.2 Å². The van der Waals surface area contributed by atoms with Crippen LogP contribution in [0.3, 0.4) is 0 Å². The Labute approximate surface area is 182 Å². The minimum absolute atomic E-state index is 0.0322. The number of ether oxygens (including phenoxy) is 2. The maximum absolute atomic E-state index is 13.7. The van der Waals surface area contributed by atoms with Crippen molar-refractivity contribution in [1.29, 1.82) is 0 Å². The molecular weight excluding hydrogens is 434 g/mol. The van der Waals surface area contributed by atoms with Crippen LogP contribution in [0.15, 0.2) is 36.4 Å². The molecule has 0 bridgehead atoms. The van der Waals surface area contributed by atoms with Crippen LogP contribution in [0.25, 0.3) is 0 Å². The number of amides is 1. The Morgan fingerprint density at radius 2 is 1.75 bits per heavy atom. The highest BCUT2D eigenvalue weighted by Gasteiger charge is 2.34. The van der Waals surface area contributed by atoms with E-state index in [0.717, 1.165) is 6.07 Å². The van der Waals surface area contributed by atoms with Gasteiger partial charge in [0.25, 0.3) is 0 Å². The van der Waals surface area contributed by atoms with Crippen molar-refractivity contribution in [3.8, 4) is 5.75 Å². The van der Waals surface area contributed by atoms with Crippen LogP contribution in [-0.2, 0) is 33.3 Å². The molecule has 0 spiro atoms. The Morgan fingerprint density at radius 1 is 1.09 bits per heavy atom. The highest BCUT2D eigenvalue weighted by molar-refractivity contribution is 5.93. The van der Waals surface area contributed by atoms with E-state index in [9.17, 15) is 32.3 Å². The summed E-state index contributed by atoms with van der Waals surface area (Å²) < 4.78 is 62.4. The third kappa shape index (κ3) is 6.94. The van der Waals surface area contributed by atoms with Gasteiger partial charge < -0.3 is 19.9 Å². The number of benzene rings is 2. The first-order valence-electron chi connectivity index (χ1n) is 9.61. The van der Waals surface area contributed by atoms with E-state index in [1.54, 1.807) is 19.9 Å². The Hall–Kier alpha value is -3.14. The monoisotopic (exact) mass is 457 g/mol. The van der Waals surface area contributed by atoms with Gasteiger partial charge in [0, 0.05) is 6.42 Å². The molecule has 2 N–H and O–H groups in total. The number of carboxylic acid groups (broad SMARTS) is 1. The molecule has 0 fully saturated rings. The molecular formula is C22H23F4NO5. The predicted octanol–water partition coefficient (Wildman–Crippen LogP) is 4.46. The molecule has 0 saturated carbocycles. The minimum Gasteiger partial charge on any atom is -0.495 e. The van der Waals surface area contributed by atoms with E-state index in [-0.39, 0.29) is 35.9 Å². The van der Waals surface area contributed by atoms with Gasteiger partial charge in [-0.15, -0.1) is 0 Å². The Balaban J connectivity index is 2.17. The van der Waals surface area contributed by atoms with E-state index in [4.69, 9.17) is 9.47 Å². The SMILES string of the molecule is COc1ccc(CC(OC(C)C)C(=O)O)cc1NC(=O)Cc1ccc(C(F)(F)F)c(F)c1. The van der Waals surface area contributed by atoms with E-state index in [0.29, 0.717) is 17.7 Å². The van der Waals surface area contributed by atoms with Gasteiger partial charge in [-0.25, -0.2) is 9.18 Å². The molecule has 1 amide bonds. The summed E-state index contributed by atoms with van der Waals surface area (Å²) in [5, 5.41) is 11.9. The number of aliphatic carboxylic acids is 1. The molecule has 0 saturated heterocycles. The Morgan fingerprint density at radius 3 is 2.28 bits per heavy atom. The number of nitrogens with one attached hydrogen (secondary N) is 1. The lowest BCUT2D eigenvalue weighted by atomic mass is 10.1. The first-order valence-corrected chi connectivity index (χ1v) is 9.61. The Kier molecular flexibility index (Phi) is 8.20. The number of hydrogen-bond donors (Lipinski definition) is 2. The van der Waals surface area contributed by atoms with Crippen molar-refractivity contribution in [2.24, 2.45) is 0 Å². The van der Waals surface area contributed by atoms with Gasteiger partial charge in [-0.2, -0.15) is 13.2 Å². The number of hydrogen-bond acceptors (Lipinski definition) is 4. The van der Waals surface area contributed by atoms with Crippen LogP contribution < -0.4 is 10.1 Å². The third-order valence-electron chi connectivity index (χ3n) is 4.37. The number of rotatable bonds is 9. The normalized spacial score (nSPS) is 12.5. The Bertz CT molecular complexity index is 975. The van der Waals surface area contributed by atoms with Gasteiger partial charge >= 0.3 is 12.1 Å². The van der Waals surface area contributed by atoms with Crippen LogP contribution in [0.2, 0.25) is 0 Å². The number of carboxylic acids is 1. The summed E-state index contributed by atoms with van der Waals surface area (Å²) in [6.07, 6.45) is -6.58. The average Bonchev–Trinajstić information content (AvgIpc) is 2.66. The lowest BCUT2D eigenvalue weighted by molar-refractivity contribution is -0.153. The first kappa shape index (κ1) is 25.1. The lowest BCUT2D eigenvalue weighted by Crippen LogP contribution is -2.29. The number of anilines is 1. The minimum atomic E-state index is -4.83. The van der Waals surface area contributed by atoms with E-state index >= 15 is 0 Å². The molecule has 32 heavy (non-hydrogen) atoms. The van der Waals surface area contributed by atoms with Crippen molar-refractivity contribution in [3.05, 3.63) is 58.9 Å². The number of methoxy groups -OCH3 is 1. The van der Waals surface area contributed by atoms with Crippen LogP contribution >= 0.6 is 0 Å². The zero-order valence-electron chi connectivity index (χ0n) is 17.6. The standard InChI is InChI=1S/C22H23F4NO5/c1-12(2)32-19(21(29)30)10-14-5-7-18(31-3)17(9-14)27-20(28)11-13-4-6-15(16(23)8-13)22(24,25)26/h4-9,12,19H,10-11H2,1-3H3,(H,27,28)(H,29,30). The van der Waals surface area contributed by atoms with Gasteiger partial charge in [0.05, 0.1) is 30.9 Å². The average molecular weight is 457 g/mol. The van der Waals surface area contributed by atoms with Gasteiger partial charge in [-0.05, 0) is 49.2 Å². The summed E-state index contributed by atoms with van der Waals surface area (Å²) in [5.74, 6) is -2.93. The largest absolute Gasteiger partial charge is 0.495 e. The second kappa shape index (κ2) is 10.4. The van der Waals surface area contributed by atoms with Crippen molar-refractivity contribution >= 4 is 17.6 Å². The second-order valence-corrected chi connectivity index (χ2v) is 7.29. The van der Waals surface area contributed by atoms with Crippen LogP contribution in [0.4, 0.5) is 23.2 Å². The van der Waals surface area contributed by atoms with Gasteiger partial charge in [0.2, 0.25) is 5.91 Å². The maximum Gasteiger partial charge on any atom is 0.419 e.